The zero-order valence-electron chi connectivity index (χ0n) is 8.40. The van der Waals surface area contributed by atoms with Crippen LogP contribution in [0.3, 0.4) is 0 Å². The van der Waals surface area contributed by atoms with Gasteiger partial charge in [-0.15, -0.1) is 13.2 Å². The highest BCUT2D eigenvalue weighted by Crippen LogP contribution is 2.15. The second kappa shape index (κ2) is 6.90. The van der Waals surface area contributed by atoms with Gasteiger partial charge in [0.2, 0.25) is 0 Å². The molecule has 0 radical (unpaired) electrons. The van der Waals surface area contributed by atoms with E-state index in [2.05, 4.69) is 27.0 Å². The van der Waals surface area contributed by atoms with Gasteiger partial charge in [0.1, 0.15) is 0 Å². The van der Waals surface area contributed by atoms with Gasteiger partial charge in [0, 0.05) is 0 Å². The van der Waals surface area contributed by atoms with Crippen molar-refractivity contribution in [3.05, 3.63) is 36.5 Å². The molecule has 0 aromatic heterocycles. The van der Waals surface area contributed by atoms with Gasteiger partial charge >= 0.3 is 0 Å². The molecule has 0 atom stereocenters. The summed E-state index contributed by atoms with van der Waals surface area (Å²) in [6.07, 6.45) is 8.46. The molecule has 0 aromatic carbocycles. The molecule has 0 amide bonds. The van der Waals surface area contributed by atoms with E-state index < -0.39 is 0 Å². The van der Waals surface area contributed by atoms with E-state index in [-0.39, 0.29) is 0 Å². The van der Waals surface area contributed by atoms with Crippen LogP contribution in [0.15, 0.2) is 36.5 Å². The standard InChI is InChI=1S/C12H20/c1-5-7-9-11(3)12(4)10-8-6-2/h5-6H,1-2,7-10H2,3-4H3/b12-11+. The third-order valence-corrected chi connectivity index (χ3v) is 2.18. The number of allylic oxidation sites excluding steroid dienone is 4. The molecule has 0 saturated carbocycles. The van der Waals surface area contributed by atoms with Crippen LogP contribution in [-0.4, -0.2) is 0 Å². The normalized spacial score (nSPS) is 12.2. The summed E-state index contributed by atoms with van der Waals surface area (Å²) < 4.78 is 0. The van der Waals surface area contributed by atoms with Gasteiger partial charge in [0.05, 0.1) is 0 Å². The van der Waals surface area contributed by atoms with E-state index in [9.17, 15) is 0 Å². The first-order chi connectivity index (χ1) is 5.72. The van der Waals surface area contributed by atoms with Gasteiger partial charge < -0.3 is 0 Å². The minimum atomic E-state index is 1.09. The van der Waals surface area contributed by atoms with E-state index in [0.717, 1.165) is 25.7 Å². The van der Waals surface area contributed by atoms with Crippen molar-refractivity contribution in [3.63, 3.8) is 0 Å². The van der Waals surface area contributed by atoms with E-state index in [0.29, 0.717) is 0 Å². The van der Waals surface area contributed by atoms with Crippen molar-refractivity contribution in [1.82, 2.24) is 0 Å². The summed E-state index contributed by atoms with van der Waals surface area (Å²) in [5, 5.41) is 0. The van der Waals surface area contributed by atoms with Crippen molar-refractivity contribution < 1.29 is 0 Å². The summed E-state index contributed by atoms with van der Waals surface area (Å²) in [6, 6.07) is 0. The SMILES string of the molecule is C=CCC/C(C)=C(\C)CCC=C. The number of hydrogen-bond acceptors (Lipinski definition) is 0. The average Bonchev–Trinajstić information content (AvgIpc) is 2.10. The van der Waals surface area contributed by atoms with Gasteiger partial charge in [0.25, 0.3) is 0 Å². The van der Waals surface area contributed by atoms with Gasteiger partial charge in [-0.05, 0) is 39.5 Å². The van der Waals surface area contributed by atoms with Crippen LogP contribution < -0.4 is 0 Å². The summed E-state index contributed by atoms with van der Waals surface area (Å²) >= 11 is 0. The monoisotopic (exact) mass is 164 g/mol. The number of hydrogen-bond donors (Lipinski definition) is 0. The van der Waals surface area contributed by atoms with Crippen LogP contribution in [0.5, 0.6) is 0 Å². The molecule has 0 fully saturated rings. The molecule has 0 heteroatoms. The molecule has 0 bridgehead atoms. The van der Waals surface area contributed by atoms with Crippen molar-refractivity contribution in [3.8, 4) is 0 Å². The predicted molar refractivity (Wildman–Crippen MR) is 57.2 cm³/mol. The van der Waals surface area contributed by atoms with Crippen molar-refractivity contribution in [2.24, 2.45) is 0 Å². The van der Waals surface area contributed by atoms with Crippen molar-refractivity contribution in [2.75, 3.05) is 0 Å². The molecule has 0 aliphatic carbocycles. The first-order valence-electron chi connectivity index (χ1n) is 4.59. The van der Waals surface area contributed by atoms with Crippen molar-refractivity contribution >= 4 is 0 Å². The lowest BCUT2D eigenvalue weighted by molar-refractivity contribution is 0.894. The Morgan fingerprint density at radius 1 is 0.917 bits per heavy atom. The van der Waals surface area contributed by atoms with E-state index in [1.54, 1.807) is 0 Å². The Morgan fingerprint density at radius 3 is 1.50 bits per heavy atom. The maximum atomic E-state index is 3.72. The molecular weight excluding hydrogens is 144 g/mol. The summed E-state index contributed by atoms with van der Waals surface area (Å²) in [5.41, 5.74) is 3.02. The Bertz CT molecular complexity index is 152. The fraction of sp³-hybridized carbons (Fsp3) is 0.500. The molecule has 0 heterocycles. The minimum Gasteiger partial charge on any atom is -0.103 e. The van der Waals surface area contributed by atoms with E-state index in [1.165, 1.54) is 11.1 Å². The summed E-state index contributed by atoms with van der Waals surface area (Å²) in [5.74, 6) is 0. The van der Waals surface area contributed by atoms with E-state index in [4.69, 9.17) is 0 Å². The lowest BCUT2D eigenvalue weighted by atomic mass is 10.0. The van der Waals surface area contributed by atoms with E-state index in [1.807, 2.05) is 12.2 Å². The quantitative estimate of drug-likeness (QED) is 0.515. The smallest absolute Gasteiger partial charge is 0.0286 e. The molecule has 68 valence electrons. The maximum Gasteiger partial charge on any atom is -0.0286 e. The molecule has 12 heavy (non-hydrogen) atoms. The fourth-order valence-electron chi connectivity index (χ4n) is 1.06. The molecular formula is C12H20. The van der Waals surface area contributed by atoms with Gasteiger partial charge in [-0.3, -0.25) is 0 Å². The van der Waals surface area contributed by atoms with Crippen molar-refractivity contribution in [1.29, 1.82) is 0 Å². The molecule has 0 saturated heterocycles. The minimum absolute atomic E-state index is 1.09. The Balaban J connectivity index is 3.87. The Labute approximate surface area is 76.7 Å². The molecule has 0 unspecified atom stereocenters. The molecule has 0 spiro atoms. The van der Waals surface area contributed by atoms with Crippen LogP contribution in [0.1, 0.15) is 39.5 Å². The van der Waals surface area contributed by atoms with Gasteiger partial charge in [-0.2, -0.15) is 0 Å². The fourth-order valence-corrected chi connectivity index (χ4v) is 1.06. The lowest BCUT2D eigenvalue weighted by Crippen LogP contribution is -1.84. The molecule has 0 nitrogen and oxygen atoms in total. The zero-order valence-corrected chi connectivity index (χ0v) is 8.40. The second-order valence-corrected chi connectivity index (χ2v) is 3.22. The summed E-state index contributed by atoms with van der Waals surface area (Å²) in [7, 11) is 0. The van der Waals surface area contributed by atoms with Crippen LogP contribution in [0.4, 0.5) is 0 Å². The second-order valence-electron chi connectivity index (χ2n) is 3.22. The highest BCUT2D eigenvalue weighted by Gasteiger charge is 1.94. The third kappa shape index (κ3) is 4.95. The zero-order chi connectivity index (χ0) is 9.40. The summed E-state index contributed by atoms with van der Waals surface area (Å²) in [4.78, 5) is 0. The highest BCUT2D eigenvalue weighted by molar-refractivity contribution is 5.10. The van der Waals surface area contributed by atoms with Crippen molar-refractivity contribution in [2.45, 2.75) is 39.5 Å². The van der Waals surface area contributed by atoms with Crippen LogP contribution in [-0.2, 0) is 0 Å². The largest absolute Gasteiger partial charge is 0.103 e. The van der Waals surface area contributed by atoms with E-state index >= 15 is 0 Å². The third-order valence-electron chi connectivity index (χ3n) is 2.18. The van der Waals surface area contributed by atoms with Crippen LogP contribution in [0.2, 0.25) is 0 Å². The molecule has 0 aliphatic heterocycles. The lowest BCUT2D eigenvalue weighted by Gasteiger charge is -2.04. The maximum absolute atomic E-state index is 3.72. The average molecular weight is 164 g/mol. The van der Waals surface area contributed by atoms with Gasteiger partial charge in [-0.1, -0.05) is 23.3 Å². The topological polar surface area (TPSA) is 0 Å². The predicted octanol–water partition coefficient (Wildman–Crippen LogP) is 4.26. The van der Waals surface area contributed by atoms with Gasteiger partial charge in [-0.25, -0.2) is 0 Å². The Morgan fingerprint density at radius 2 is 1.25 bits per heavy atom. The number of rotatable bonds is 6. The Kier molecular flexibility index (Phi) is 6.45. The van der Waals surface area contributed by atoms with Crippen LogP contribution in [0, 0.1) is 0 Å². The van der Waals surface area contributed by atoms with Crippen LogP contribution >= 0.6 is 0 Å². The molecule has 0 rings (SSSR count). The highest BCUT2D eigenvalue weighted by atomic mass is 14.0. The first kappa shape index (κ1) is 11.2. The first-order valence-corrected chi connectivity index (χ1v) is 4.59. The summed E-state index contributed by atoms with van der Waals surface area (Å²) in [6.45, 7) is 11.9. The molecule has 0 aliphatic rings. The van der Waals surface area contributed by atoms with Gasteiger partial charge in [0.15, 0.2) is 0 Å². The van der Waals surface area contributed by atoms with Crippen LogP contribution in [0.25, 0.3) is 0 Å². The molecule has 0 aromatic rings. The molecule has 0 N–H and O–H groups in total. The Hall–Kier alpha value is -0.780.